The number of hydrogen-bond acceptors (Lipinski definition) is 8. The van der Waals surface area contributed by atoms with Crippen LogP contribution in [0.25, 0.3) is 0 Å². The minimum atomic E-state index is -4.38. The first-order valence-corrected chi connectivity index (χ1v) is 27.3. The number of phosphoric ester groups is 1. The fraction of sp³-hybridized carbons (Fsp3) is 0.882. The van der Waals surface area contributed by atoms with Crippen molar-refractivity contribution in [3.63, 3.8) is 0 Å². The maximum Gasteiger partial charge on any atom is 0.472 e. The summed E-state index contributed by atoms with van der Waals surface area (Å²) < 4.78 is 32.9. The summed E-state index contributed by atoms with van der Waals surface area (Å²) in [5.41, 5.74) is 5.37. The fourth-order valence-corrected chi connectivity index (χ4v) is 8.26. The van der Waals surface area contributed by atoms with Crippen molar-refractivity contribution in [1.29, 1.82) is 0 Å². The first-order valence-electron chi connectivity index (χ1n) is 25.8. The van der Waals surface area contributed by atoms with Gasteiger partial charge in [0.1, 0.15) is 6.61 Å². The van der Waals surface area contributed by atoms with Gasteiger partial charge in [0.25, 0.3) is 0 Å². The number of nitrogens with two attached hydrogens (primary N) is 1. The van der Waals surface area contributed by atoms with Crippen molar-refractivity contribution in [3.05, 3.63) is 24.3 Å². The van der Waals surface area contributed by atoms with Crippen LogP contribution in [0.1, 0.15) is 258 Å². The van der Waals surface area contributed by atoms with Crippen LogP contribution < -0.4 is 5.73 Å². The van der Waals surface area contributed by atoms with Crippen LogP contribution in [-0.2, 0) is 32.7 Å². The second kappa shape index (κ2) is 48.0. The molecule has 3 N–H and O–H groups in total. The number of rotatable bonds is 49. The predicted molar refractivity (Wildman–Crippen MR) is 257 cm³/mol. The molecule has 0 amide bonds. The SMILES string of the molecule is CCCCC/C=C\C/C=C\CCCCCCCCCCCC(=O)O[C@H](COC(=O)CCCCCCCCCCCCCCCCCCCCCCC)COP(=O)(O)OCCN. The van der Waals surface area contributed by atoms with Crippen LogP contribution in [0.2, 0.25) is 0 Å². The van der Waals surface area contributed by atoms with Crippen molar-refractivity contribution >= 4 is 19.8 Å². The second-order valence-corrected chi connectivity index (χ2v) is 18.9. The molecule has 0 aliphatic carbocycles. The number of allylic oxidation sites excluding steroid dienone is 4. The lowest BCUT2D eigenvalue weighted by molar-refractivity contribution is -0.161. The first-order chi connectivity index (χ1) is 29.8. The number of unbranched alkanes of at least 4 members (excludes halogenated alkanes) is 32. The van der Waals surface area contributed by atoms with E-state index in [2.05, 4.69) is 38.2 Å². The van der Waals surface area contributed by atoms with Gasteiger partial charge in [-0.05, 0) is 44.9 Å². The Bertz CT molecular complexity index is 1050. The number of esters is 2. The quantitative estimate of drug-likeness (QED) is 0.0265. The Morgan fingerprint density at radius 2 is 0.852 bits per heavy atom. The molecule has 0 heterocycles. The van der Waals surface area contributed by atoms with E-state index in [4.69, 9.17) is 24.3 Å². The van der Waals surface area contributed by atoms with Crippen LogP contribution in [-0.4, -0.2) is 49.3 Å². The van der Waals surface area contributed by atoms with Gasteiger partial charge < -0.3 is 20.1 Å². The van der Waals surface area contributed by atoms with Crippen molar-refractivity contribution in [1.82, 2.24) is 0 Å². The molecule has 61 heavy (non-hydrogen) atoms. The summed E-state index contributed by atoms with van der Waals surface area (Å²) in [6.45, 7) is 3.75. The summed E-state index contributed by atoms with van der Waals surface area (Å²) in [5, 5.41) is 0. The Hall–Kier alpha value is -1.51. The van der Waals surface area contributed by atoms with E-state index in [-0.39, 0.29) is 38.6 Å². The van der Waals surface area contributed by atoms with Crippen LogP contribution >= 0.6 is 7.82 Å². The Kier molecular flexibility index (Phi) is 46.8. The van der Waals surface area contributed by atoms with E-state index in [1.54, 1.807) is 0 Å². The Labute approximate surface area is 376 Å². The zero-order valence-corrected chi connectivity index (χ0v) is 40.8. The third-order valence-electron chi connectivity index (χ3n) is 11.3. The van der Waals surface area contributed by atoms with E-state index in [1.807, 2.05) is 0 Å². The molecular formula is C51H98NO8P. The molecule has 10 heteroatoms. The van der Waals surface area contributed by atoms with Gasteiger partial charge in [0, 0.05) is 19.4 Å². The lowest BCUT2D eigenvalue weighted by Crippen LogP contribution is -2.29. The topological polar surface area (TPSA) is 134 Å². The van der Waals surface area contributed by atoms with Crippen LogP contribution in [0, 0.1) is 0 Å². The minimum Gasteiger partial charge on any atom is -0.462 e. The van der Waals surface area contributed by atoms with Gasteiger partial charge in [-0.3, -0.25) is 18.6 Å². The third-order valence-corrected chi connectivity index (χ3v) is 12.3. The summed E-state index contributed by atoms with van der Waals surface area (Å²) in [7, 11) is -4.38. The van der Waals surface area contributed by atoms with Gasteiger partial charge in [-0.25, -0.2) is 4.57 Å². The van der Waals surface area contributed by atoms with Gasteiger partial charge in [0.05, 0.1) is 13.2 Å². The summed E-state index contributed by atoms with van der Waals surface area (Å²) in [4.78, 5) is 35.1. The summed E-state index contributed by atoms with van der Waals surface area (Å²) in [5.74, 6) is -0.819. The first kappa shape index (κ1) is 59.5. The highest BCUT2D eigenvalue weighted by atomic mass is 31.2. The van der Waals surface area contributed by atoms with Crippen LogP contribution in [0.3, 0.4) is 0 Å². The number of hydrogen-bond donors (Lipinski definition) is 2. The van der Waals surface area contributed by atoms with Gasteiger partial charge in [-0.1, -0.05) is 224 Å². The molecule has 0 fully saturated rings. The molecule has 0 aromatic heterocycles. The summed E-state index contributed by atoms with van der Waals surface area (Å²) in [6, 6.07) is 0. The summed E-state index contributed by atoms with van der Waals surface area (Å²) in [6.07, 6.45) is 53.6. The highest BCUT2D eigenvalue weighted by Crippen LogP contribution is 2.43. The predicted octanol–water partition coefficient (Wildman–Crippen LogP) is 15.5. The zero-order valence-electron chi connectivity index (χ0n) is 39.9. The van der Waals surface area contributed by atoms with Crippen LogP contribution in [0.5, 0.6) is 0 Å². The molecule has 9 nitrogen and oxygen atoms in total. The van der Waals surface area contributed by atoms with Crippen molar-refractivity contribution in [2.24, 2.45) is 5.73 Å². The number of carbonyl (C=O) groups excluding carboxylic acids is 2. The third kappa shape index (κ3) is 47.8. The molecule has 360 valence electrons. The van der Waals surface area contributed by atoms with E-state index < -0.39 is 26.5 Å². The average molecular weight is 884 g/mol. The molecule has 1 unspecified atom stereocenters. The van der Waals surface area contributed by atoms with Gasteiger partial charge in [0.2, 0.25) is 0 Å². The smallest absolute Gasteiger partial charge is 0.462 e. The molecule has 0 aliphatic rings. The minimum absolute atomic E-state index is 0.0546. The highest BCUT2D eigenvalue weighted by molar-refractivity contribution is 7.47. The van der Waals surface area contributed by atoms with Gasteiger partial charge in [-0.15, -0.1) is 0 Å². The highest BCUT2D eigenvalue weighted by Gasteiger charge is 2.26. The zero-order chi connectivity index (χ0) is 44.6. The van der Waals surface area contributed by atoms with Gasteiger partial charge >= 0.3 is 19.8 Å². The Morgan fingerprint density at radius 3 is 1.28 bits per heavy atom. The van der Waals surface area contributed by atoms with Crippen molar-refractivity contribution in [3.8, 4) is 0 Å². The van der Waals surface area contributed by atoms with E-state index in [1.165, 1.54) is 173 Å². The van der Waals surface area contributed by atoms with Crippen molar-refractivity contribution in [2.45, 2.75) is 264 Å². The lowest BCUT2D eigenvalue weighted by atomic mass is 10.0. The monoisotopic (exact) mass is 884 g/mol. The largest absolute Gasteiger partial charge is 0.472 e. The Balaban J connectivity index is 4.01. The lowest BCUT2D eigenvalue weighted by Gasteiger charge is -2.19. The number of carbonyl (C=O) groups is 2. The molecular weight excluding hydrogens is 786 g/mol. The number of ether oxygens (including phenoxy) is 2. The van der Waals surface area contributed by atoms with E-state index in [0.717, 1.165) is 51.4 Å². The molecule has 0 saturated carbocycles. The van der Waals surface area contributed by atoms with Gasteiger partial charge in [0.15, 0.2) is 6.10 Å². The molecule has 0 aromatic rings. The summed E-state index contributed by atoms with van der Waals surface area (Å²) >= 11 is 0. The van der Waals surface area contributed by atoms with Crippen LogP contribution in [0.4, 0.5) is 0 Å². The average Bonchev–Trinajstić information content (AvgIpc) is 3.25. The van der Waals surface area contributed by atoms with Gasteiger partial charge in [-0.2, -0.15) is 0 Å². The van der Waals surface area contributed by atoms with Crippen molar-refractivity contribution < 1.29 is 37.6 Å². The van der Waals surface area contributed by atoms with E-state index >= 15 is 0 Å². The fourth-order valence-electron chi connectivity index (χ4n) is 7.49. The normalized spacial score (nSPS) is 13.3. The van der Waals surface area contributed by atoms with E-state index in [9.17, 15) is 19.0 Å². The molecule has 0 spiro atoms. The second-order valence-electron chi connectivity index (χ2n) is 17.4. The maximum absolute atomic E-state index is 12.6. The molecule has 0 aliphatic heterocycles. The molecule has 0 rings (SSSR count). The molecule has 2 atom stereocenters. The molecule has 0 bridgehead atoms. The molecule has 0 aromatic carbocycles. The molecule has 0 radical (unpaired) electrons. The standard InChI is InChI=1S/C51H98NO8P/c1-3-5-7-9-11-13-15-17-19-21-23-24-26-27-29-31-33-35-37-39-41-43-50(53)57-47-49(48-59-61(55,56)58-46-45-52)60-51(54)44-42-40-38-36-34-32-30-28-25-22-20-18-16-14-12-10-8-6-4-2/h12,14,18,20,49H,3-11,13,15-17,19,21-48,52H2,1-2H3,(H,55,56)/b14-12-,20-18-/t49-/m1/s1. The van der Waals surface area contributed by atoms with Crippen molar-refractivity contribution in [2.75, 3.05) is 26.4 Å². The number of phosphoric acid groups is 1. The Morgan fingerprint density at radius 1 is 0.492 bits per heavy atom. The molecule has 0 saturated heterocycles. The van der Waals surface area contributed by atoms with E-state index in [0.29, 0.717) is 6.42 Å². The maximum atomic E-state index is 12.6. The van der Waals surface area contributed by atoms with Crippen LogP contribution in [0.15, 0.2) is 24.3 Å².